The van der Waals surface area contributed by atoms with Crippen molar-refractivity contribution in [2.75, 3.05) is 0 Å². The Morgan fingerprint density at radius 1 is 0.976 bits per heavy atom. The summed E-state index contributed by atoms with van der Waals surface area (Å²) in [6, 6.07) is 14.4. The van der Waals surface area contributed by atoms with E-state index in [4.69, 9.17) is 4.74 Å². The standard InChI is InChI=1S/C37H44O4/c1-21-15-22(2)17-26(16-21)18-30(38)33-32-13-14-37(41-32)34(31(39)20-28-12-8-10-23(3)25(28)5)29(36(40)35(33)37)19-27-11-7-6-9-24(27)4/h6-7,9,11,13-17,23,25,28-29,32-35H,8,10,12,18-20H2,1-5H3. The minimum Gasteiger partial charge on any atom is -0.361 e. The van der Waals surface area contributed by atoms with Gasteiger partial charge in [-0.3, -0.25) is 14.4 Å². The van der Waals surface area contributed by atoms with E-state index in [0.29, 0.717) is 30.6 Å². The molecule has 1 spiro atoms. The Bertz CT molecular complexity index is 1380. The van der Waals surface area contributed by atoms with Gasteiger partial charge in [0.25, 0.3) is 0 Å². The van der Waals surface area contributed by atoms with Crippen molar-refractivity contribution in [1.82, 2.24) is 0 Å². The zero-order chi connectivity index (χ0) is 29.1. The third kappa shape index (κ3) is 4.86. The number of aryl methyl sites for hydroxylation is 3. The van der Waals surface area contributed by atoms with Crippen molar-refractivity contribution in [3.05, 3.63) is 82.4 Å². The highest BCUT2D eigenvalue weighted by Crippen LogP contribution is 2.60. The molecule has 4 nitrogen and oxygen atoms in total. The van der Waals surface area contributed by atoms with Gasteiger partial charge in [0.05, 0.1) is 23.9 Å². The van der Waals surface area contributed by atoms with E-state index < -0.39 is 35.4 Å². The van der Waals surface area contributed by atoms with Crippen molar-refractivity contribution in [2.24, 2.45) is 41.4 Å². The predicted molar refractivity (Wildman–Crippen MR) is 161 cm³/mol. The highest BCUT2D eigenvalue weighted by Gasteiger charge is 2.72. The smallest absolute Gasteiger partial charge is 0.144 e. The Labute approximate surface area is 244 Å². The number of fused-ring (bicyclic) bond motifs is 1. The van der Waals surface area contributed by atoms with Crippen LogP contribution in [0.2, 0.25) is 0 Å². The number of hydrogen-bond acceptors (Lipinski definition) is 4. The van der Waals surface area contributed by atoms with Crippen LogP contribution in [0.15, 0.2) is 54.6 Å². The van der Waals surface area contributed by atoms with Gasteiger partial charge in [0, 0.05) is 18.8 Å². The van der Waals surface area contributed by atoms with Crippen molar-refractivity contribution >= 4 is 17.3 Å². The van der Waals surface area contributed by atoms with E-state index in [2.05, 4.69) is 51.1 Å². The van der Waals surface area contributed by atoms with E-state index >= 15 is 0 Å². The van der Waals surface area contributed by atoms with Crippen LogP contribution in [0.1, 0.15) is 67.3 Å². The van der Waals surface area contributed by atoms with E-state index in [1.54, 1.807) is 0 Å². The molecule has 2 heterocycles. The lowest BCUT2D eigenvalue weighted by Crippen LogP contribution is -2.44. The fourth-order valence-corrected chi connectivity index (χ4v) is 8.87. The van der Waals surface area contributed by atoms with Gasteiger partial charge in [-0.05, 0) is 68.1 Å². The third-order valence-corrected chi connectivity index (χ3v) is 11.1. The summed E-state index contributed by atoms with van der Waals surface area (Å²) in [5.41, 5.74) is 4.44. The van der Waals surface area contributed by atoms with E-state index in [-0.39, 0.29) is 23.8 Å². The molecule has 9 unspecified atom stereocenters. The molecule has 0 N–H and O–H groups in total. The number of rotatable bonds is 8. The van der Waals surface area contributed by atoms with Gasteiger partial charge in [0.1, 0.15) is 23.0 Å². The maximum atomic E-state index is 14.5. The number of ether oxygens (including phenoxy) is 1. The predicted octanol–water partition coefficient (Wildman–Crippen LogP) is 6.75. The summed E-state index contributed by atoms with van der Waals surface area (Å²) < 4.78 is 6.67. The van der Waals surface area contributed by atoms with E-state index in [0.717, 1.165) is 40.7 Å². The molecular weight excluding hydrogens is 508 g/mol. The zero-order valence-corrected chi connectivity index (χ0v) is 25.2. The van der Waals surface area contributed by atoms with Crippen molar-refractivity contribution in [3.63, 3.8) is 0 Å². The van der Waals surface area contributed by atoms with Gasteiger partial charge in [-0.25, -0.2) is 0 Å². The summed E-state index contributed by atoms with van der Waals surface area (Å²) in [5, 5.41) is 0. The van der Waals surface area contributed by atoms with Gasteiger partial charge < -0.3 is 4.74 Å². The first-order chi connectivity index (χ1) is 19.6. The summed E-state index contributed by atoms with van der Waals surface area (Å²) in [6.07, 6.45) is 8.23. The fourth-order valence-electron chi connectivity index (χ4n) is 8.87. The van der Waals surface area contributed by atoms with Gasteiger partial charge in [-0.1, -0.05) is 92.4 Å². The summed E-state index contributed by atoms with van der Waals surface area (Å²) in [6.45, 7) is 10.7. The second-order valence-electron chi connectivity index (χ2n) is 13.8. The lowest BCUT2D eigenvalue weighted by atomic mass is 9.68. The average Bonchev–Trinajstić information content (AvgIpc) is 3.55. The number of benzene rings is 2. The topological polar surface area (TPSA) is 60.4 Å². The zero-order valence-electron chi connectivity index (χ0n) is 25.2. The molecule has 0 amide bonds. The Balaban J connectivity index is 1.34. The monoisotopic (exact) mass is 552 g/mol. The van der Waals surface area contributed by atoms with Crippen LogP contribution in [0.25, 0.3) is 0 Å². The van der Waals surface area contributed by atoms with Crippen LogP contribution in [-0.4, -0.2) is 29.1 Å². The van der Waals surface area contributed by atoms with Crippen LogP contribution in [0.5, 0.6) is 0 Å². The summed E-state index contributed by atoms with van der Waals surface area (Å²) in [5.74, 6) is -0.513. The quantitative estimate of drug-likeness (QED) is 0.340. The number of Topliss-reactive ketones (excluding diaryl/α,β-unsaturated/α-hetero) is 3. The highest BCUT2D eigenvalue weighted by atomic mass is 16.5. The van der Waals surface area contributed by atoms with Crippen LogP contribution in [0, 0.1) is 62.2 Å². The minimum absolute atomic E-state index is 0.0436. The third-order valence-electron chi connectivity index (χ3n) is 11.1. The average molecular weight is 553 g/mol. The second-order valence-corrected chi connectivity index (χ2v) is 13.8. The van der Waals surface area contributed by atoms with Crippen molar-refractivity contribution in [1.29, 1.82) is 0 Å². The van der Waals surface area contributed by atoms with Crippen molar-refractivity contribution in [3.8, 4) is 0 Å². The molecule has 4 heteroatoms. The molecule has 2 aliphatic carbocycles. The molecule has 2 aromatic carbocycles. The molecule has 9 atom stereocenters. The van der Waals surface area contributed by atoms with Gasteiger partial charge in [-0.15, -0.1) is 0 Å². The van der Waals surface area contributed by atoms with Crippen molar-refractivity contribution in [2.45, 2.75) is 84.8 Å². The Morgan fingerprint density at radius 2 is 1.71 bits per heavy atom. The molecule has 4 aliphatic rings. The summed E-state index contributed by atoms with van der Waals surface area (Å²) in [4.78, 5) is 42.8. The minimum atomic E-state index is -1.00. The summed E-state index contributed by atoms with van der Waals surface area (Å²) >= 11 is 0. The first kappa shape index (κ1) is 28.3. The summed E-state index contributed by atoms with van der Waals surface area (Å²) in [7, 11) is 0. The molecule has 2 aromatic rings. The molecule has 3 fully saturated rings. The number of carbonyl (C=O) groups excluding carboxylic acids is 3. The lowest BCUT2D eigenvalue weighted by molar-refractivity contribution is -0.135. The lowest BCUT2D eigenvalue weighted by Gasteiger charge is -2.36. The molecule has 2 saturated carbocycles. The molecule has 0 aromatic heterocycles. The highest BCUT2D eigenvalue weighted by molar-refractivity contribution is 6.02. The SMILES string of the molecule is Cc1cc(C)cc(CC(=O)C2C3C=CC4(O3)C(C(=O)CC3CCCC(C)C3C)C(Cc3ccccc3C)C(=O)C24)c1. The second kappa shape index (κ2) is 10.8. The largest absolute Gasteiger partial charge is 0.361 e. The van der Waals surface area contributed by atoms with E-state index in [1.165, 1.54) is 6.42 Å². The van der Waals surface area contributed by atoms with Gasteiger partial charge in [0.2, 0.25) is 0 Å². The van der Waals surface area contributed by atoms with Crippen LogP contribution >= 0.6 is 0 Å². The maximum Gasteiger partial charge on any atom is 0.144 e. The van der Waals surface area contributed by atoms with E-state index in [9.17, 15) is 14.4 Å². The normalized spacial score (nSPS) is 35.6. The number of ketones is 3. The van der Waals surface area contributed by atoms with Gasteiger partial charge >= 0.3 is 0 Å². The Morgan fingerprint density at radius 3 is 2.44 bits per heavy atom. The molecule has 41 heavy (non-hydrogen) atoms. The number of carbonyl (C=O) groups is 3. The number of hydrogen-bond donors (Lipinski definition) is 0. The molecule has 2 aliphatic heterocycles. The Hall–Kier alpha value is -2.85. The van der Waals surface area contributed by atoms with E-state index in [1.807, 2.05) is 38.1 Å². The molecule has 1 saturated heterocycles. The van der Waals surface area contributed by atoms with Crippen LogP contribution in [-0.2, 0) is 32.0 Å². The molecule has 2 bridgehead atoms. The van der Waals surface area contributed by atoms with Gasteiger partial charge in [-0.2, -0.15) is 0 Å². The first-order valence-corrected chi connectivity index (χ1v) is 15.7. The maximum absolute atomic E-state index is 14.5. The molecule has 0 radical (unpaired) electrons. The van der Waals surface area contributed by atoms with Crippen molar-refractivity contribution < 1.29 is 19.1 Å². The van der Waals surface area contributed by atoms with Crippen LogP contribution < -0.4 is 0 Å². The molecule has 216 valence electrons. The fraction of sp³-hybridized carbons (Fsp3) is 0.541. The first-order valence-electron chi connectivity index (χ1n) is 15.7. The van der Waals surface area contributed by atoms with Gasteiger partial charge in [0.15, 0.2) is 0 Å². The Kier molecular flexibility index (Phi) is 7.43. The van der Waals surface area contributed by atoms with Crippen LogP contribution in [0.4, 0.5) is 0 Å². The molecular formula is C37H44O4. The van der Waals surface area contributed by atoms with Crippen LogP contribution in [0.3, 0.4) is 0 Å². The molecule has 6 rings (SSSR count).